The minimum absolute atomic E-state index is 0.00648. The van der Waals surface area contributed by atoms with Crippen molar-refractivity contribution < 1.29 is 9.84 Å². The maximum Gasteiger partial charge on any atom is 0.0936 e. The van der Waals surface area contributed by atoms with Gasteiger partial charge in [0.15, 0.2) is 0 Å². The fraction of sp³-hybridized carbons (Fsp3) is 0.625. The molecule has 4 nitrogen and oxygen atoms in total. The van der Waals surface area contributed by atoms with Crippen molar-refractivity contribution >= 4 is 0 Å². The van der Waals surface area contributed by atoms with Crippen LogP contribution in [0.3, 0.4) is 0 Å². The van der Waals surface area contributed by atoms with Gasteiger partial charge in [0, 0.05) is 24.7 Å². The Morgan fingerprint density at radius 3 is 3.25 bits per heavy atom. The Balaban J connectivity index is 2.47. The van der Waals surface area contributed by atoms with Crippen LogP contribution in [0.2, 0.25) is 0 Å². The number of hydrogen-bond donors (Lipinski definition) is 1. The lowest BCUT2D eigenvalue weighted by molar-refractivity contribution is 0.107. The first-order chi connectivity index (χ1) is 5.83. The second-order valence-corrected chi connectivity index (χ2v) is 2.96. The second kappa shape index (κ2) is 2.88. The van der Waals surface area contributed by atoms with E-state index < -0.39 is 0 Å². The number of hydrogen-bond acceptors (Lipinski definition) is 3. The standard InChI is InChI=1S/C8H12N2O2/c1-10-8-2-3-12-5-6(8)7(4-11)9-10/h11H,2-5H2,1H3. The molecule has 12 heavy (non-hydrogen) atoms. The van der Waals surface area contributed by atoms with Gasteiger partial charge in [-0.05, 0) is 0 Å². The summed E-state index contributed by atoms with van der Waals surface area (Å²) in [6.45, 7) is 1.36. The van der Waals surface area contributed by atoms with Crippen LogP contribution in [0.25, 0.3) is 0 Å². The maximum absolute atomic E-state index is 8.98. The highest BCUT2D eigenvalue weighted by Crippen LogP contribution is 2.19. The molecule has 0 aliphatic carbocycles. The van der Waals surface area contributed by atoms with Gasteiger partial charge in [0.25, 0.3) is 0 Å². The average molecular weight is 168 g/mol. The largest absolute Gasteiger partial charge is 0.390 e. The summed E-state index contributed by atoms with van der Waals surface area (Å²) in [4.78, 5) is 0. The van der Waals surface area contributed by atoms with Gasteiger partial charge in [-0.25, -0.2) is 0 Å². The molecule has 0 fully saturated rings. The minimum atomic E-state index is 0.00648. The lowest BCUT2D eigenvalue weighted by Gasteiger charge is -2.13. The molecule has 2 heterocycles. The Kier molecular flexibility index (Phi) is 1.86. The first-order valence-electron chi connectivity index (χ1n) is 4.05. The summed E-state index contributed by atoms with van der Waals surface area (Å²) in [7, 11) is 1.91. The number of ether oxygens (including phenoxy) is 1. The zero-order valence-electron chi connectivity index (χ0n) is 7.08. The van der Waals surface area contributed by atoms with Crippen LogP contribution in [0.4, 0.5) is 0 Å². The first-order valence-corrected chi connectivity index (χ1v) is 4.05. The molecule has 0 amide bonds. The van der Waals surface area contributed by atoms with Crippen molar-refractivity contribution in [2.75, 3.05) is 6.61 Å². The number of nitrogens with zero attached hydrogens (tertiary/aromatic N) is 2. The molecular weight excluding hydrogens is 156 g/mol. The van der Waals surface area contributed by atoms with E-state index in [0.717, 1.165) is 24.3 Å². The van der Waals surface area contributed by atoms with Crippen molar-refractivity contribution in [3.8, 4) is 0 Å². The molecule has 1 aliphatic heterocycles. The monoisotopic (exact) mass is 168 g/mol. The third-order valence-electron chi connectivity index (χ3n) is 2.24. The van der Waals surface area contributed by atoms with Crippen molar-refractivity contribution in [1.29, 1.82) is 0 Å². The van der Waals surface area contributed by atoms with E-state index in [2.05, 4.69) is 5.10 Å². The number of aromatic nitrogens is 2. The van der Waals surface area contributed by atoms with Crippen molar-refractivity contribution in [2.45, 2.75) is 19.6 Å². The minimum Gasteiger partial charge on any atom is -0.390 e. The highest BCUT2D eigenvalue weighted by molar-refractivity contribution is 5.26. The lowest BCUT2D eigenvalue weighted by Crippen LogP contribution is -2.12. The molecule has 0 saturated heterocycles. The van der Waals surface area contributed by atoms with E-state index in [-0.39, 0.29) is 6.61 Å². The molecule has 0 aromatic carbocycles. The topological polar surface area (TPSA) is 47.3 Å². The molecule has 0 spiro atoms. The number of aliphatic hydroxyl groups is 1. The van der Waals surface area contributed by atoms with E-state index in [4.69, 9.17) is 9.84 Å². The Hall–Kier alpha value is -0.870. The van der Waals surface area contributed by atoms with E-state index in [1.165, 1.54) is 5.69 Å². The molecular formula is C8H12N2O2. The molecule has 1 aromatic heterocycles. The third kappa shape index (κ3) is 1.04. The summed E-state index contributed by atoms with van der Waals surface area (Å²) in [6, 6.07) is 0. The average Bonchev–Trinajstić information content (AvgIpc) is 2.44. The van der Waals surface area contributed by atoms with Crippen LogP contribution >= 0.6 is 0 Å². The van der Waals surface area contributed by atoms with E-state index in [1.54, 1.807) is 0 Å². The van der Waals surface area contributed by atoms with Gasteiger partial charge in [-0.15, -0.1) is 0 Å². The summed E-state index contributed by atoms with van der Waals surface area (Å²) in [6.07, 6.45) is 0.902. The molecule has 0 unspecified atom stereocenters. The van der Waals surface area contributed by atoms with E-state index in [1.807, 2.05) is 11.7 Å². The van der Waals surface area contributed by atoms with Crippen molar-refractivity contribution in [3.63, 3.8) is 0 Å². The number of rotatable bonds is 1. The normalized spacial score (nSPS) is 16.2. The fourth-order valence-electron chi connectivity index (χ4n) is 1.61. The summed E-state index contributed by atoms with van der Waals surface area (Å²) in [5.74, 6) is 0. The summed E-state index contributed by atoms with van der Waals surface area (Å²) in [5, 5.41) is 13.2. The first kappa shape index (κ1) is 7.76. The number of aliphatic hydroxyl groups excluding tert-OH is 1. The van der Waals surface area contributed by atoms with Crippen molar-refractivity contribution in [3.05, 3.63) is 17.0 Å². The van der Waals surface area contributed by atoms with E-state index in [0.29, 0.717) is 6.61 Å². The van der Waals surface area contributed by atoms with Gasteiger partial charge in [0.05, 0.1) is 25.5 Å². The molecule has 1 aliphatic rings. The van der Waals surface area contributed by atoms with Gasteiger partial charge in [-0.2, -0.15) is 5.10 Å². The van der Waals surface area contributed by atoms with Crippen molar-refractivity contribution in [1.82, 2.24) is 9.78 Å². The summed E-state index contributed by atoms with van der Waals surface area (Å²) in [5.41, 5.74) is 3.03. The fourth-order valence-corrected chi connectivity index (χ4v) is 1.61. The molecule has 0 radical (unpaired) electrons. The highest BCUT2D eigenvalue weighted by Gasteiger charge is 2.18. The van der Waals surface area contributed by atoms with Crippen LogP contribution in [-0.2, 0) is 31.4 Å². The Morgan fingerprint density at radius 2 is 2.50 bits per heavy atom. The smallest absolute Gasteiger partial charge is 0.0936 e. The Bertz CT molecular complexity index is 293. The van der Waals surface area contributed by atoms with Gasteiger partial charge in [-0.3, -0.25) is 4.68 Å². The third-order valence-corrected chi connectivity index (χ3v) is 2.24. The number of fused-ring (bicyclic) bond motifs is 1. The van der Waals surface area contributed by atoms with Crippen LogP contribution in [0, 0.1) is 0 Å². The van der Waals surface area contributed by atoms with Crippen LogP contribution < -0.4 is 0 Å². The van der Waals surface area contributed by atoms with Crippen LogP contribution in [0.1, 0.15) is 17.0 Å². The molecule has 2 rings (SSSR count). The molecule has 4 heteroatoms. The van der Waals surface area contributed by atoms with Gasteiger partial charge in [0.1, 0.15) is 0 Å². The van der Waals surface area contributed by atoms with Crippen molar-refractivity contribution in [2.24, 2.45) is 7.05 Å². The van der Waals surface area contributed by atoms with Gasteiger partial charge < -0.3 is 9.84 Å². The quantitative estimate of drug-likeness (QED) is 0.641. The highest BCUT2D eigenvalue weighted by atomic mass is 16.5. The van der Waals surface area contributed by atoms with E-state index >= 15 is 0 Å². The van der Waals surface area contributed by atoms with Gasteiger partial charge in [-0.1, -0.05) is 0 Å². The molecule has 0 saturated carbocycles. The lowest BCUT2D eigenvalue weighted by atomic mass is 10.1. The molecule has 1 N–H and O–H groups in total. The molecule has 66 valence electrons. The molecule has 0 atom stereocenters. The summed E-state index contributed by atoms with van der Waals surface area (Å²) >= 11 is 0. The van der Waals surface area contributed by atoms with Crippen LogP contribution in [0.15, 0.2) is 0 Å². The molecule has 0 bridgehead atoms. The van der Waals surface area contributed by atoms with E-state index in [9.17, 15) is 0 Å². The van der Waals surface area contributed by atoms with Gasteiger partial charge in [0.2, 0.25) is 0 Å². The predicted octanol–water partition coefficient (Wildman–Crippen LogP) is -0.0149. The maximum atomic E-state index is 8.98. The number of aryl methyl sites for hydroxylation is 1. The van der Waals surface area contributed by atoms with Crippen LogP contribution in [-0.4, -0.2) is 21.5 Å². The SMILES string of the molecule is Cn1nc(CO)c2c1CCOC2. The van der Waals surface area contributed by atoms with Gasteiger partial charge >= 0.3 is 0 Å². The zero-order valence-corrected chi connectivity index (χ0v) is 7.08. The molecule has 1 aromatic rings. The predicted molar refractivity (Wildman–Crippen MR) is 42.5 cm³/mol. The van der Waals surface area contributed by atoms with Crippen LogP contribution in [0.5, 0.6) is 0 Å². The second-order valence-electron chi connectivity index (χ2n) is 2.96. The Morgan fingerprint density at radius 1 is 1.67 bits per heavy atom. The Labute approximate surface area is 70.8 Å². The zero-order chi connectivity index (χ0) is 8.55. The summed E-state index contributed by atoms with van der Waals surface area (Å²) < 4.78 is 7.12.